The van der Waals surface area contributed by atoms with E-state index in [1.165, 1.54) is 11.3 Å². The van der Waals surface area contributed by atoms with E-state index in [4.69, 9.17) is 4.74 Å². The number of aliphatic hydroxyl groups is 1. The van der Waals surface area contributed by atoms with Crippen LogP contribution in [0, 0.1) is 5.92 Å². The number of likely N-dealkylation sites (N-methyl/N-ethyl adjacent to an activating group) is 1. The van der Waals surface area contributed by atoms with Crippen molar-refractivity contribution in [2.45, 2.75) is 26.0 Å². The number of nitrogens with one attached hydrogen (secondary N) is 2. The fourth-order valence-corrected chi connectivity index (χ4v) is 6.43. The van der Waals surface area contributed by atoms with Gasteiger partial charge in [0.15, 0.2) is 5.75 Å². The summed E-state index contributed by atoms with van der Waals surface area (Å²) in [6.45, 7) is 3.99. The minimum atomic E-state index is -0.566. The Kier molecular flexibility index (Phi) is 9.70. The third kappa shape index (κ3) is 6.87. The van der Waals surface area contributed by atoms with Crippen LogP contribution in [0.4, 0.5) is 16.2 Å². The van der Waals surface area contributed by atoms with E-state index in [-0.39, 0.29) is 48.2 Å². The number of benzene rings is 4. The fraction of sp³-hybridized carbons (Fsp3) is 0.243. The number of aromatic nitrogens is 1. The van der Waals surface area contributed by atoms with Crippen LogP contribution in [-0.4, -0.2) is 76.6 Å². The summed E-state index contributed by atoms with van der Waals surface area (Å²) >= 11 is 1.51. The predicted molar refractivity (Wildman–Crippen MR) is 189 cm³/mol. The summed E-state index contributed by atoms with van der Waals surface area (Å²) in [6.07, 6.45) is 1.17. The zero-order chi connectivity index (χ0) is 33.8. The summed E-state index contributed by atoms with van der Waals surface area (Å²) in [5.41, 5.74) is 2.61. The molecule has 0 fully saturated rings. The van der Waals surface area contributed by atoms with E-state index in [1.54, 1.807) is 60.3 Å². The largest absolute Gasteiger partial charge is 0.485 e. The van der Waals surface area contributed by atoms with Gasteiger partial charge in [-0.25, -0.2) is 9.78 Å². The Morgan fingerprint density at radius 3 is 2.50 bits per heavy atom. The van der Waals surface area contributed by atoms with Gasteiger partial charge in [-0.2, -0.15) is 0 Å². The molecule has 2 heterocycles. The summed E-state index contributed by atoms with van der Waals surface area (Å²) in [5, 5.41) is 20.7. The van der Waals surface area contributed by atoms with Crippen molar-refractivity contribution in [2.75, 3.05) is 37.4 Å². The van der Waals surface area contributed by atoms with Gasteiger partial charge >= 0.3 is 6.03 Å². The Hall–Kier alpha value is -5.26. The van der Waals surface area contributed by atoms with Gasteiger partial charge in [0.2, 0.25) is 0 Å². The molecule has 0 saturated heterocycles. The number of amides is 4. The second kappa shape index (κ2) is 14.2. The van der Waals surface area contributed by atoms with Crippen LogP contribution in [0.2, 0.25) is 0 Å². The number of hydrogen-bond acceptors (Lipinski definition) is 7. The molecule has 4 aromatic carbocycles. The molecule has 1 aliphatic heterocycles. The summed E-state index contributed by atoms with van der Waals surface area (Å²) in [7, 11) is 1.69. The Bertz CT molecular complexity index is 1930. The number of aliphatic hydroxyl groups excluding tert-OH is 1. The summed E-state index contributed by atoms with van der Waals surface area (Å²) in [5.74, 6) is -0.720. The molecule has 1 aliphatic rings. The average molecular weight is 664 g/mol. The van der Waals surface area contributed by atoms with Gasteiger partial charge in [0, 0.05) is 47.6 Å². The minimum Gasteiger partial charge on any atom is -0.485 e. The Labute approximate surface area is 283 Å². The first-order chi connectivity index (χ1) is 23.2. The predicted octanol–water partition coefficient (Wildman–Crippen LogP) is 6.60. The Morgan fingerprint density at radius 1 is 1.02 bits per heavy atom. The van der Waals surface area contributed by atoms with Gasteiger partial charge in [0.25, 0.3) is 11.8 Å². The highest BCUT2D eigenvalue weighted by Gasteiger charge is 2.35. The molecule has 48 heavy (non-hydrogen) atoms. The molecule has 10 nitrogen and oxygen atoms in total. The lowest BCUT2D eigenvalue weighted by Gasteiger charge is -2.38. The third-order valence-corrected chi connectivity index (χ3v) is 9.42. The van der Waals surface area contributed by atoms with Crippen molar-refractivity contribution in [3.63, 3.8) is 0 Å². The van der Waals surface area contributed by atoms with Crippen LogP contribution in [0.1, 0.15) is 34.6 Å². The van der Waals surface area contributed by atoms with E-state index < -0.39 is 12.1 Å². The Morgan fingerprint density at radius 2 is 1.75 bits per heavy atom. The lowest BCUT2D eigenvalue weighted by Crippen LogP contribution is -2.50. The first-order valence-corrected chi connectivity index (χ1v) is 16.6. The van der Waals surface area contributed by atoms with E-state index in [0.717, 1.165) is 21.3 Å². The highest BCUT2D eigenvalue weighted by Crippen LogP contribution is 2.35. The van der Waals surface area contributed by atoms with Crippen LogP contribution in [-0.2, 0) is 0 Å². The molecule has 0 radical (unpaired) electrons. The van der Waals surface area contributed by atoms with Crippen molar-refractivity contribution < 1.29 is 24.2 Å². The van der Waals surface area contributed by atoms with E-state index >= 15 is 0 Å². The minimum absolute atomic E-state index is 0.188. The quantitative estimate of drug-likeness (QED) is 0.172. The Balaban J connectivity index is 1.27. The monoisotopic (exact) mass is 663 g/mol. The van der Waals surface area contributed by atoms with Gasteiger partial charge in [-0.3, -0.25) is 9.59 Å². The van der Waals surface area contributed by atoms with Crippen molar-refractivity contribution in [3.05, 3.63) is 108 Å². The number of ether oxygens (including phenoxy) is 1. The van der Waals surface area contributed by atoms with Gasteiger partial charge in [-0.1, -0.05) is 61.5 Å². The molecule has 0 unspecified atom stereocenters. The number of thiazole rings is 1. The third-order valence-electron chi connectivity index (χ3n) is 8.60. The van der Waals surface area contributed by atoms with E-state index in [1.807, 2.05) is 66.9 Å². The number of para-hydroxylation sites is 1. The van der Waals surface area contributed by atoms with Gasteiger partial charge in [0.05, 0.1) is 36.1 Å². The SMILES string of the molecule is C[C@@H]1CN([C@H](C)CO)C(=O)c2cccc(NC(=O)c3ccc(-c4nccs4)cc3)c2O[C@H]1CN(C)C(=O)Nc1cccc2ccccc12. The fourth-order valence-electron chi connectivity index (χ4n) is 5.78. The molecule has 0 bridgehead atoms. The van der Waals surface area contributed by atoms with Crippen molar-refractivity contribution in [1.29, 1.82) is 0 Å². The van der Waals surface area contributed by atoms with E-state index in [9.17, 15) is 19.5 Å². The van der Waals surface area contributed by atoms with Crippen LogP contribution in [0.3, 0.4) is 0 Å². The maximum absolute atomic E-state index is 13.9. The first kappa shape index (κ1) is 32.7. The first-order valence-electron chi connectivity index (χ1n) is 15.8. The van der Waals surface area contributed by atoms with Crippen LogP contribution in [0.25, 0.3) is 21.3 Å². The maximum atomic E-state index is 13.9. The number of carbonyl (C=O) groups excluding carboxylic acids is 3. The van der Waals surface area contributed by atoms with Gasteiger partial charge < -0.3 is 30.3 Å². The number of anilines is 2. The van der Waals surface area contributed by atoms with Crippen LogP contribution in [0.5, 0.6) is 5.75 Å². The molecule has 0 saturated carbocycles. The molecule has 4 amide bonds. The van der Waals surface area contributed by atoms with E-state index in [2.05, 4.69) is 15.6 Å². The molecule has 5 aromatic rings. The zero-order valence-electron chi connectivity index (χ0n) is 26.9. The number of hydrogen-bond donors (Lipinski definition) is 3. The molecular weight excluding hydrogens is 627 g/mol. The van der Waals surface area contributed by atoms with Crippen LogP contribution >= 0.6 is 11.3 Å². The summed E-state index contributed by atoms with van der Waals surface area (Å²) in [4.78, 5) is 48.3. The van der Waals surface area contributed by atoms with Gasteiger partial charge in [-0.15, -0.1) is 11.3 Å². The molecule has 3 atom stereocenters. The molecular formula is C37H37N5O5S. The lowest BCUT2D eigenvalue weighted by atomic mass is 9.99. The highest BCUT2D eigenvalue weighted by molar-refractivity contribution is 7.13. The van der Waals surface area contributed by atoms with E-state index in [0.29, 0.717) is 23.5 Å². The van der Waals surface area contributed by atoms with Crippen molar-refractivity contribution >= 4 is 51.3 Å². The summed E-state index contributed by atoms with van der Waals surface area (Å²) in [6, 6.07) is 25.0. The topological polar surface area (TPSA) is 124 Å². The average Bonchev–Trinajstić information content (AvgIpc) is 3.65. The molecule has 246 valence electrons. The standard InChI is InChI=1S/C37H37N5O5S/c1-23-20-42(24(2)22-43)36(45)29-11-7-13-31(39-34(44)26-14-16-27(17-15-26)35-38-18-19-48-35)33(29)47-32(23)21-41(3)37(46)40-30-12-6-9-25-8-4-5-10-28(25)30/h4-19,23-24,32,43H,20-22H2,1-3H3,(H,39,44)(H,40,46)/t23-,24-,32+/m1/s1. The number of nitrogens with zero attached hydrogens (tertiary/aromatic N) is 3. The number of urea groups is 1. The number of carbonyl (C=O) groups is 3. The van der Waals surface area contributed by atoms with Crippen molar-refractivity contribution in [1.82, 2.24) is 14.8 Å². The molecule has 3 N–H and O–H groups in total. The normalized spacial score (nSPS) is 16.7. The van der Waals surface area contributed by atoms with Gasteiger partial charge in [0.1, 0.15) is 11.1 Å². The zero-order valence-corrected chi connectivity index (χ0v) is 27.7. The maximum Gasteiger partial charge on any atom is 0.321 e. The second-order valence-corrected chi connectivity index (χ2v) is 12.9. The summed E-state index contributed by atoms with van der Waals surface area (Å²) < 4.78 is 6.61. The smallest absolute Gasteiger partial charge is 0.321 e. The van der Waals surface area contributed by atoms with Gasteiger partial charge in [-0.05, 0) is 42.6 Å². The van der Waals surface area contributed by atoms with Crippen molar-refractivity contribution in [2.24, 2.45) is 5.92 Å². The molecule has 0 aliphatic carbocycles. The molecule has 11 heteroatoms. The highest BCUT2D eigenvalue weighted by atomic mass is 32.1. The lowest BCUT2D eigenvalue weighted by molar-refractivity contribution is 0.0372. The molecule has 0 spiro atoms. The molecule has 6 rings (SSSR count). The second-order valence-electron chi connectivity index (χ2n) is 12.0. The van der Waals surface area contributed by atoms with Crippen molar-refractivity contribution in [3.8, 4) is 16.3 Å². The van der Waals surface area contributed by atoms with Crippen LogP contribution < -0.4 is 15.4 Å². The number of fused-ring (bicyclic) bond motifs is 2. The number of rotatable bonds is 8. The molecule has 1 aromatic heterocycles. The van der Waals surface area contributed by atoms with Crippen LogP contribution in [0.15, 0.2) is 96.5 Å².